The van der Waals surface area contributed by atoms with E-state index in [9.17, 15) is 4.79 Å². The molecule has 4 rings (SSSR count). The minimum Gasteiger partial charge on any atom is -0.491 e. The number of nitrogens with one attached hydrogen (secondary N) is 1. The Morgan fingerprint density at radius 2 is 1.94 bits per heavy atom. The molecule has 2 heterocycles. The predicted octanol–water partition coefficient (Wildman–Crippen LogP) is 4.36. The van der Waals surface area contributed by atoms with Crippen LogP contribution in [0.2, 0.25) is 0 Å². The second kappa shape index (κ2) is 13.2. The molecule has 1 fully saturated rings. The number of hydrogen-bond acceptors (Lipinski definition) is 5. The Hall–Kier alpha value is -2.41. The van der Waals surface area contributed by atoms with Crippen LogP contribution in [0.3, 0.4) is 0 Å². The van der Waals surface area contributed by atoms with Crippen LogP contribution in [-0.2, 0) is 17.7 Å². The number of amides is 1. The van der Waals surface area contributed by atoms with Crippen molar-refractivity contribution in [2.45, 2.75) is 52.6 Å². The number of hydrogen-bond donors (Lipinski definition) is 1. The van der Waals surface area contributed by atoms with Crippen molar-refractivity contribution in [1.82, 2.24) is 15.1 Å². The van der Waals surface area contributed by atoms with Crippen molar-refractivity contribution in [3.63, 3.8) is 0 Å². The van der Waals surface area contributed by atoms with E-state index < -0.39 is 0 Å². The molecule has 1 amide bonds. The van der Waals surface area contributed by atoms with E-state index >= 15 is 0 Å². The molecule has 1 unspecified atom stereocenters. The van der Waals surface area contributed by atoms with Gasteiger partial charge in [-0.1, -0.05) is 45.0 Å². The summed E-state index contributed by atoms with van der Waals surface area (Å²) in [7, 11) is 0. The standard InChI is InChI=1S/C30H43N3O3/c1-4-33-12-6-9-28(33)20-31-30(34)26-10-11-29-27(19-26)18-24-7-5-8-25(17-24)22-32(21-23(2)3)13-14-35-15-16-36-29/h5,7-8,10-11,17,19,23,28H,4,6,9,12-16,18,20-22H2,1-3H3,(H,31,34). The van der Waals surface area contributed by atoms with Crippen LogP contribution in [0.5, 0.6) is 5.75 Å². The molecule has 196 valence electrons. The topological polar surface area (TPSA) is 54.0 Å². The first-order chi connectivity index (χ1) is 17.5. The van der Waals surface area contributed by atoms with Gasteiger partial charge < -0.3 is 14.8 Å². The van der Waals surface area contributed by atoms with E-state index in [1.54, 1.807) is 0 Å². The summed E-state index contributed by atoms with van der Waals surface area (Å²) in [4.78, 5) is 18.0. The van der Waals surface area contributed by atoms with Gasteiger partial charge in [0, 0.05) is 44.2 Å². The van der Waals surface area contributed by atoms with Gasteiger partial charge in [0.25, 0.3) is 5.91 Å². The first-order valence-electron chi connectivity index (χ1n) is 13.7. The third kappa shape index (κ3) is 7.55. The quantitative estimate of drug-likeness (QED) is 0.648. The normalized spacial score (nSPS) is 19.9. The van der Waals surface area contributed by atoms with E-state index in [2.05, 4.69) is 60.2 Å². The molecule has 0 radical (unpaired) electrons. The molecule has 2 aromatic carbocycles. The number of ether oxygens (including phenoxy) is 2. The Morgan fingerprint density at radius 1 is 1.08 bits per heavy atom. The smallest absolute Gasteiger partial charge is 0.251 e. The number of rotatable bonds is 6. The van der Waals surface area contributed by atoms with Crippen molar-refractivity contribution in [3.8, 4) is 5.75 Å². The molecule has 1 saturated heterocycles. The lowest BCUT2D eigenvalue weighted by molar-refractivity contribution is 0.0746. The summed E-state index contributed by atoms with van der Waals surface area (Å²) in [5.74, 6) is 1.42. The summed E-state index contributed by atoms with van der Waals surface area (Å²) in [6.07, 6.45) is 3.09. The summed E-state index contributed by atoms with van der Waals surface area (Å²) in [5, 5.41) is 3.17. The fourth-order valence-corrected chi connectivity index (χ4v) is 5.43. The first kappa shape index (κ1) is 26.6. The number of likely N-dealkylation sites (N-methyl/N-ethyl adjacent to an activating group) is 1. The molecule has 2 aromatic rings. The maximum absolute atomic E-state index is 13.0. The highest BCUT2D eigenvalue weighted by molar-refractivity contribution is 5.94. The Balaban J connectivity index is 1.51. The highest BCUT2D eigenvalue weighted by Gasteiger charge is 2.23. The van der Waals surface area contributed by atoms with Crippen LogP contribution in [-0.4, -0.2) is 74.3 Å². The third-order valence-electron chi connectivity index (χ3n) is 7.18. The van der Waals surface area contributed by atoms with E-state index in [-0.39, 0.29) is 5.91 Å². The Kier molecular flexibility index (Phi) is 9.79. The van der Waals surface area contributed by atoms with Gasteiger partial charge in [-0.05, 0) is 66.7 Å². The molecule has 0 spiro atoms. The molecule has 2 bridgehead atoms. The van der Waals surface area contributed by atoms with Crippen LogP contribution in [0.1, 0.15) is 60.7 Å². The van der Waals surface area contributed by atoms with Crippen LogP contribution in [0.4, 0.5) is 0 Å². The molecular formula is C30H43N3O3. The van der Waals surface area contributed by atoms with Gasteiger partial charge in [0.15, 0.2) is 0 Å². The Bertz CT molecular complexity index is 993. The van der Waals surface area contributed by atoms with E-state index in [1.807, 2.05) is 18.2 Å². The zero-order valence-corrected chi connectivity index (χ0v) is 22.3. The number of nitrogens with zero attached hydrogens (tertiary/aromatic N) is 2. The largest absolute Gasteiger partial charge is 0.491 e. The van der Waals surface area contributed by atoms with Gasteiger partial charge in [-0.25, -0.2) is 0 Å². The van der Waals surface area contributed by atoms with Crippen molar-refractivity contribution < 1.29 is 14.3 Å². The number of carbonyl (C=O) groups is 1. The average molecular weight is 494 g/mol. The van der Waals surface area contributed by atoms with Crippen molar-refractivity contribution >= 4 is 5.91 Å². The van der Waals surface area contributed by atoms with E-state index in [0.29, 0.717) is 43.9 Å². The van der Waals surface area contributed by atoms with Crippen LogP contribution in [0.15, 0.2) is 42.5 Å². The predicted molar refractivity (Wildman–Crippen MR) is 145 cm³/mol. The lowest BCUT2D eigenvalue weighted by atomic mass is 9.99. The van der Waals surface area contributed by atoms with Crippen molar-refractivity contribution in [2.24, 2.45) is 5.92 Å². The molecule has 0 aliphatic carbocycles. The van der Waals surface area contributed by atoms with Gasteiger partial charge in [0.05, 0.1) is 13.2 Å². The maximum Gasteiger partial charge on any atom is 0.251 e. The fourth-order valence-electron chi connectivity index (χ4n) is 5.43. The zero-order chi connectivity index (χ0) is 25.3. The molecule has 0 saturated carbocycles. The number of carbonyl (C=O) groups excluding carboxylic acids is 1. The number of benzene rings is 2. The molecule has 0 aromatic heterocycles. The second-order valence-electron chi connectivity index (χ2n) is 10.5. The van der Waals surface area contributed by atoms with Gasteiger partial charge in [0.2, 0.25) is 0 Å². The van der Waals surface area contributed by atoms with Crippen molar-refractivity contribution in [3.05, 3.63) is 64.7 Å². The third-order valence-corrected chi connectivity index (χ3v) is 7.18. The maximum atomic E-state index is 13.0. The van der Waals surface area contributed by atoms with Gasteiger partial charge in [-0.3, -0.25) is 14.6 Å². The lowest BCUT2D eigenvalue weighted by Crippen LogP contribution is -2.40. The Morgan fingerprint density at radius 3 is 2.78 bits per heavy atom. The monoisotopic (exact) mass is 493 g/mol. The van der Waals surface area contributed by atoms with Crippen LogP contribution >= 0.6 is 0 Å². The lowest BCUT2D eigenvalue weighted by Gasteiger charge is -2.25. The molecular weight excluding hydrogens is 450 g/mol. The summed E-state index contributed by atoms with van der Waals surface area (Å²) in [6, 6.07) is 15.1. The van der Waals surface area contributed by atoms with Gasteiger partial charge >= 0.3 is 0 Å². The van der Waals surface area contributed by atoms with Crippen molar-refractivity contribution in [2.75, 3.05) is 52.5 Å². The van der Waals surface area contributed by atoms with E-state index in [1.165, 1.54) is 17.5 Å². The minimum atomic E-state index is -0.0124. The minimum absolute atomic E-state index is 0.0124. The zero-order valence-electron chi connectivity index (χ0n) is 22.3. The SMILES string of the molecule is CCN1CCCC1CNC(=O)c1ccc2c(c1)Cc1cccc(c1)CN(CC(C)C)CCOCCO2. The van der Waals surface area contributed by atoms with E-state index in [4.69, 9.17) is 9.47 Å². The Labute approximate surface area is 217 Å². The highest BCUT2D eigenvalue weighted by Crippen LogP contribution is 2.25. The van der Waals surface area contributed by atoms with E-state index in [0.717, 1.165) is 56.9 Å². The van der Waals surface area contributed by atoms with Crippen LogP contribution < -0.4 is 10.1 Å². The summed E-state index contributed by atoms with van der Waals surface area (Å²) in [6.45, 7) is 14.2. The first-order valence-corrected chi connectivity index (χ1v) is 13.7. The van der Waals surface area contributed by atoms with Crippen LogP contribution in [0.25, 0.3) is 0 Å². The molecule has 36 heavy (non-hydrogen) atoms. The molecule has 1 atom stereocenters. The van der Waals surface area contributed by atoms with Gasteiger partial charge in [-0.2, -0.15) is 0 Å². The molecule has 6 heteroatoms. The van der Waals surface area contributed by atoms with Gasteiger partial charge in [-0.15, -0.1) is 0 Å². The summed E-state index contributed by atoms with van der Waals surface area (Å²) < 4.78 is 12.0. The highest BCUT2D eigenvalue weighted by atomic mass is 16.5. The van der Waals surface area contributed by atoms with Gasteiger partial charge in [0.1, 0.15) is 12.4 Å². The van der Waals surface area contributed by atoms with Crippen molar-refractivity contribution in [1.29, 1.82) is 0 Å². The molecule has 2 aliphatic rings. The summed E-state index contributed by atoms with van der Waals surface area (Å²) in [5.41, 5.74) is 4.26. The molecule has 2 aliphatic heterocycles. The number of likely N-dealkylation sites (tertiary alicyclic amines) is 1. The van der Waals surface area contributed by atoms with Crippen LogP contribution in [0, 0.1) is 5.92 Å². The molecule has 1 N–H and O–H groups in total. The fraction of sp³-hybridized carbons (Fsp3) is 0.567. The summed E-state index contributed by atoms with van der Waals surface area (Å²) >= 11 is 0. The average Bonchev–Trinajstić information content (AvgIpc) is 3.32. The number of fused-ring (bicyclic) bond motifs is 3. The second-order valence-corrected chi connectivity index (χ2v) is 10.5. The molecule has 6 nitrogen and oxygen atoms in total.